The van der Waals surface area contributed by atoms with Crippen LogP contribution in [0.3, 0.4) is 0 Å². The van der Waals surface area contributed by atoms with Crippen molar-refractivity contribution >= 4 is 17.7 Å². The minimum Gasteiger partial charge on any atom is -0.386 e. The van der Waals surface area contributed by atoms with Gasteiger partial charge in [-0.25, -0.2) is 0 Å². The number of piperidine rings is 1. The average Bonchev–Trinajstić information content (AvgIpc) is 2.33. The Morgan fingerprint density at radius 2 is 2.12 bits per heavy atom. The third-order valence-corrected chi connectivity index (χ3v) is 5.07. The first-order valence-electron chi connectivity index (χ1n) is 6.45. The van der Waals surface area contributed by atoms with Crippen LogP contribution in [0.5, 0.6) is 0 Å². The van der Waals surface area contributed by atoms with Gasteiger partial charge in [0.2, 0.25) is 5.91 Å². The molecule has 2 N–H and O–H groups in total. The molecule has 0 bridgehead atoms. The monoisotopic (exact) mass is 258 g/mol. The second kappa shape index (κ2) is 5.59. The molecule has 0 atom stereocenters. The van der Waals surface area contributed by atoms with E-state index in [0.29, 0.717) is 24.1 Å². The average molecular weight is 258 g/mol. The smallest absolute Gasteiger partial charge is 0.232 e. The van der Waals surface area contributed by atoms with E-state index in [9.17, 15) is 9.90 Å². The Balaban J connectivity index is 1.65. The molecular weight excluding hydrogens is 236 g/mol. The van der Waals surface area contributed by atoms with Gasteiger partial charge in [0.15, 0.2) is 0 Å². The first-order chi connectivity index (χ1) is 8.13. The Labute approximate surface area is 107 Å². The zero-order valence-electron chi connectivity index (χ0n) is 10.4. The molecule has 2 aliphatic heterocycles. The Hall–Kier alpha value is -0.260. The molecule has 2 aliphatic rings. The van der Waals surface area contributed by atoms with Crippen LogP contribution in [0, 0.1) is 0 Å². The quantitative estimate of drug-likeness (QED) is 0.769. The molecule has 0 saturated carbocycles. The molecule has 0 unspecified atom stereocenters. The first kappa shape index (κ1) is 13.2. The lowest BCUT2D eigenvalue weighted by atomic mass is 9.91. The molecule has 4 nitrogen and oxygen atoms in total. The van der Waals surface area contributed by atoms with Crippen molar-refractivity contribution in [3.8, 4) is 0 Å². The normalized spacial score (nSPS) is 24.5. The number of carbonyl (C=O) groups is 1. The highest BCUT2D eigenvalue weighted by Crippen LogP contribution is 2.26. The van der Waals surface area contributed by atoms with Crippen LogP contribution in [0.1, 0.15) is 26.2 Å². The van der Waals surface area contributed by atoms with Gasteiger partial charge < -0.3 is 15.3 Å². The molecule has 17 heavy (non-hydrogen) atoms. The third kappa shape index (κ3) is 3.36. The number of nitrogens with one attached hydrogen (secondary N) is 1. The Morgan fingerprint density at radius 1 is 1.47 bits per heavy atom. The van der Waals surface area contributed by atoms with Crippen LogP contribution in [-0.2, 0) is 4.79 Å². The molecule has 2 heterocycles. The Bertz CT molecular complexity index is 274. The molecule has 0 aliphatic carbocycles. The van der Waals surface area contributed by atoms with Gasteiger partial charge in [-0.3, -0.25) is 4.79 Å². The predicted octanol–water partition coefficient (Wildman–Crippen LogP) is 0.455. The number of likely N-dealkylation sites (tertiary alicyclic amines) is 1. The van der Waals surface area contributed by atoms with Crippen LogP contribution in [0.4, 0.5) is 0 Å². The number of thioether (sulfide) groups is 1. The minimum atomic E-state index is -0.602. The van der Waals surface area contributed by atoms with Gasteiger partial charge in [0, 0.05) is 5.25 Å². The Kier molecular flexibility index (Phi) is 4.33. The predicted molar refractivity (Wildman–Crippen MR) is 70.2 cm³/mol. The summed E-state index contributed by atoms with van der Waals surface area (Å²) < 4.78 is 0. The summed E-state index contributed by atoms with van der Waals surface area (Å²) >= 11 is 1.78. The highest BCUT2D eigenvalue weighted by atomic mass is 32.2. The number of β-amino-alcohol motifs (C(OH)–C–C–N with tert-alkyl or cyclic N) is 1. The van der Waals surface area contributed by atoms with E-state index in [1.807, 2.05) is 6.92 Å². The summed E-state index contributed by atoms with van der Waals surface area (Å²) in [6.45, 7) is 5.16. The van der Waals surface area contributed by atoms with Crippen LogP contribution >= 0.6 is 11.8 Å². The van der Waals surface area contributed by atoms with Crippen molar-refractivity contribution in [2.45, 2.75) is 37.0 Å². The van der Waals surface area contributed by atoms with Crippen molar-refractivity contribution in [3.05, 3.63) is 0 Å². The molecule has 0 spiro atoms. The van der Waals surface area contributed by atoms with Gasteiger partial charge in [-0.05, 0) is 32.4 Å². The van der Waals surface area contributed by atoms with Gasteiger partial charge in [-0.2, -0.15) is 0 Å². The van der Waals surface area contributed by atoms with E-state index in [1.54, 1.807) is 16.7 Å². The van der Waals surface area contributed by atoms with Crippen molar-refractivity contribution in [1.29, 1.82) is 0 Å². The second-order valence-electron chi connectivity index (χ2n) is 5.09. The van der Waals surface area contributed by atoms with Gasteiger partial charge in [0.05, 0.1) is 24.4 Å². The van der Waals surface area contributed by atoms with Crippen molar-refractivity contribution in [2.75, 3.05) is 31.9 Å². The van der Waals surface area contributed by atoms with Crippen LogP contribution < -0.4 is 5.32 Å². The lowest BCUT2D eigenvalue weighted by Crippen LogP contribution is -2.63. The fraction of sp³-hybridized carbons (Fsp3) is 0.917. The number of hydrogen-bond donors (Lipinski definition) is 2. The zero-order valence-corrected chi connectivity index (χ0v) is 11.3. The van der Waals surface area contributed by atoms with E-state index in [0.717, 1.165) is 32.4 Å². The van der Waals surface area contributed by atoms with E-state index in [2.05, 4.69) is 5.32 Å². The summed E-state index contributed by atoms with van der Waals surface area (Å²) in [6, 6.07) is 0. The van der Waals surface area contributed by atoms with Gasteiger partial charge in [0.1, 0.15) is 0 Å². The van der Waals surface area contributed by atoms with Crippen molar-refractivity contribution < 1.29 is 9.90 Å². The highest BCUT2D eigenvalue weighted by molar-refractivity contribution is 8.00. The van der Waals surface area contributed by atoms with Crippen LogP contribution in [0.15, 0.2) is 0 Å². The molecule has 5 heteroatoms. The van der Waals surface area contributed by atoms with Gasteiger partial charge in [-0.1, -0.05) is 6.92 Å². The number of carbonyl (C=O) groups excluding carboxylic acids is 1. The standard InChI is InChI=1S/C12H22N2O2S/c1-2-12(16)8-14(9-12)11(15)7-17-10-3-5-13-6-4-10/h10,13,16H,2-9H2,1H3. The molecule has 2 fully saturated rings. The highest BCUT2D eigenvalue weighted by Gasteiger charge is 2.41. The molecule has 1 amide bonds. The van der Waals surface area contributed by atoms with Crippen LogP contribution in [0.2, 0.25) is 0 Å². The molecule has 0 radical (unpaired) electrons. The maximum absolute atomic E-state index is 11.9. The van der Waals surface area contributed by atoms with Crippen molar-refractivity contribution in [2.24, 2.45) is 0 Å². The molecule has 0 aromatic heterocycles. The molecular formula is C12H22N2O2S. The minimum absolute atomic E-state index is 0.187. The van der Waals surface area contributed by atoms with Gasteiger partial charge in [-0.15, -0.1) is 11.8 Å². The molecule has 2 saturated heterocycles. The van der Waals surface area contributed by atoms with E-state index in [-0.39, 0.29) is 5.91 Å². The first-order valence-corrected chi connectivity index (χ1v) is 7.50. The zero-order chi connectivity index (χ0) is 12.3. The van der Waals surface area contributed by atoms with E-state index >= 15 is 0 Å². The van der Waals surface area contributed by atoms with Crippen molar-refractivity contribution in [1.82, 2.24) is 10.2 Å². The lowest BCUT2D eigenvalue weighted by molar-refractivity contribution is -0.152. The summed E-state index contributed by atoms with van der Waals surface area (Å²) in [4.78, 5) is 13.6. The fourth-order valence-electron chi connectivity index (χ4n) is 2.31. The largest absolute Gasteiger partial charge is 0.386 e. The summed E-state index contributed by atoms with van der Waals surface area (Å²) in [5.41, 5.74) is -0.602. The number of nitrogens with zero attached hydrogens (tertiary/aromatic N) is 1. The van der Waals surface area contributed by atoms with Crippen LogP contribution in [0.25, 0.3) is 0 Å². The summed E-state index contributed by atoms with van der Waals surface area (Å²) in [6.07, 6.45) is 3.06. The molecule has 0 aromatic carbocycles. The fourth-order valence-corrected chi connectivity index (χ4v) is 3.44. The second-order valence-corrected chi connectivity index (χ2v) is 6.38. The third-order valence-electron chi connectivity index (χ3n) is 3.71. The maximum Gasteiger partial charge on any atom is 0.232 e. The van der Waals surface area contributed by atoms with Crippen molar-refractivity contribution in [3.63, 3.8) is 0 Å². The SMILES string of the molecule is CCC1(O)CN(C(=O)CSC2CCNCC2)C1. The molecule has 0 aromatic rings. The van der Waals surface area contributed by atoms with Gasteiger partial charge >= 0.3 is 0 Å². The van der Waals surface area contributed by atoms with Crippen LogP contribution in [-0.4, -0.2) is 58.7 Å². The summed E-state index contributed by atoms with van der Waals surface area (Å²) in [5.74, 6) is 0.761. The maximum atomic E-state index is 11.9. The number of aliphatic hydroxyl groups is 1. The number of amides is 1. The van der Waals surface area contributed by atoms with E-state index in [1.165, 1.54) is 0 Å². The van der Waals surface area contributed by atoms with E-state index in [4.69, 9.17) is 0 Å². The van der Waals surface area contributed by atoms with Gasteiger partial charge in [0.25, 0.3) is 0 Å². The molecule has 98 valence electrons. The van der Waals surface area contributed by atoms with E-state index < -0.39 is 5.60 Å². The summed E-state index contributed by atoms with van der Waals surface area (Å²) in [7, 11) is 0. The lowest BCUT2D eigenvalue weighted by Gasteiger charge is -2.46. The topological polar surface area (TPSA) is 52.6 Å². The number of hydrogen-bond acceptors (Lipinski definition) is 4. The summed E-state index contributed by atoms with van der Waals surface area (Å²) in [5, 5.41) is 13.8. The number of rotatable bonds is 4. The Morgan fingerprint density at radius 3 is 2.71 bits per heavy atom. The molecule has 2 rings (SSSR count).